The second kappa shape index (κ2) is 5.50. The molecule has 3 unspecified atom stereocenters. The van der Waals surface area contributed by atoms with Crippen LogP contribution in [0.2, 0.25) is 0 Å². The zero-order valence-electron chi connectivity index (χ0n) is 11.8. The van der Waals surface area contributed by atoms with Gasteiger partial charge in [0.25, 0.3) is 0 Å². The van der Waals surface area contributed by atoms with Crippen LogP contribution in [0.1, 0.15) is 53.4 Å². The summed E-state index contributed by atoms with van der Waals surface area (Å²) in [5, 5.41) is 0. The molecule has 0 aromatic rings. The fourth-order valence-electron chi connectivity index (χ4n) is 3.04. The Balaban J connectivity index is 2.46. The van der Waals surface area contributed by atoms with Gasteiger partial charge in [-0.15, -0.1) is 0 Å². The summed E-state index contributed by atoms with van der Waals surface area (Å²) in [6.45, 7) is 10.5. The summed E-state index contributed by atoms with van der Waals surface area (Å²) in [5.74, 6) is 0.780. The molecule has 3 atom stereocenters. The molecule has 0 amide bonds. The molecule has 0 heterocycles. The molecule has 0 radical (unpaired) electrons. The Bertz CT molecular complexity index is 215. The second-order valence-corrected chi connectivity index (χ2v) is 6.55. The van der Waals surface area contributed by atoms with Crippen molar-refractivity contribution >= 4 is 0 Å². The second-order valence-electron chi connectivity index (χ2n) is 6.55. The van der Waals surface area contributed by atoms with E-state index < -0.39 is 0 Å². The van der Waals surface area contributed by atoms with Crippen molar-refractivity contribution in [2.45, 2.75) is 65.5 Å². The van der Waals surface area contributed by atoms with Crippen LogP contribution in [0, 0.1) is 11.3 Å². The lowest BCUT2D eigenvalue weighted by Crippen LogP contribution is -2.45. The SMILES string of the molecule is CC(C)CC(C)N(C)CC1(C)CCCC1N. The molecule has 1 aliphatic carbocycles. The van der Waals surface area contributed by atoms with E-state index in [9.17, 15) is 0 Å². The van der Waals surface area contributed by atoms with Crippen LogP contribution in [0.5, 0.6) is 0 Å². The lowest BCUT2D eigenvalue weighted by Gasteiger charge is -2.37. The Hall–Kier alpha value is -0.0800. The molecule has 1 rings (SSSR count). The zero-order chi connectivity index (χ0) is 12.3. The van der Waals surface area contributed by atoms with Gasteiger partial charge in [0.15, 0.2) is 0 Å². The number of hydrogen-bond acceptors (Lipinski definition) is 2. The Morgan fingerprint density at radius 3 is 2.44 bits per heavy atom. The Labute approximate surface area is 102 Å². The minimum absolute atomic E-state index is 0.347. The van der Waals surface area contributed by atoms with Crippen LogP contribution < -0.4 is 5.73 Å². The summed E-state index contributed by atoms with van der Waals surface area (Å²) in [6.07, 6.45) is 5.10. The number of hydrogen-bond donors (Lipinski definition) is 1. The van der Waals surface area contributed by atoms with Gasteiger partial charge in [-0.1, -0.05) is 27.2 Å². The van der Waals surface area contributed by atoms with E-state index in [0.29, 0.717) is 17.5 Å². The average molecular weight is 226 g/mol. The van der Waals surface area contributed by atoms with Crippen LogP contribution in [0.15, 0.2) is 0 Å². The highest BCUT2D eigenvalue weighted by Gasteiger charge is 2.37. The zero-order valence-corrected chi connectivity index (χ0v) is 11.8. The number of rotatable bonds is 5. The molecular weight excluding hydrogens is 196 g/mol. The van der Waals surface area contributed by atoms with Gasteiger partial charge in [0, 0.05) is 18.6 Å². The average Bonchev–Trinajstić information content (AvgIpc) is 2.45. The first-order chi connectivity index (χ1) is 7.35. The van der Waals surface area contributed by atoms with E-state index in [2.05, 4.69) is 39.6 Å². The summed E-state index contributed by atoms with van der Waals surface area (Å²) < 4.78 is 0. The molecule has 16 heavy (non-hydrogen) atoms. The van der Waals surface area contributed by atoms with Crippen LogP contribution >= 0.6 is 0 Å². The third kappa shape index (κ3) is 3.46. The van der Waals surface area contributed by atoms with Gasteiger partial charge in [-0.2, -0.15) is 0 Å². The molecule has 2 nitrogen and oxygen atoms in total. The van der Waals surface area contributed by atoms with Crippen molar-refractivity contribution in [1.29, 1.82) is 0 Å². The predicted octanol–water partition coefficient (Wildman–Crippen LogP) is 2.87. The van der Waals surface area contributed by atoms with E-state index in [1.807, 2.05) is 0 Å². The molecule has 0 spiro atoms. The van der Waals surface area contributed by atoms with Crippen molar-refractivity contribution in [1.82, 2.24) is 4.90 Å². The third-order valence-electron chi connectivity index (χ3n) is 4.33. The summed E-state index contributed by atoms with van der Waals surface area (Å²) in [7, 11) is 2.25. The van der Waals surface area contributed by atoms with Gasteiger partial charge in [0.2, 0.25) is 0 Å². The molecule has 96 valence electrons. The third-order valence-corrected chi connectivity index (χ3v) is 4.33. The van der Waals surface area contributed by atoms with Crippen LogP contribution in [0.25, 0.3) is 0 Å². The predicted molar refractivity (Wildman–Crippen MR) is 71.5 cm³/mol. The topological polar surface area (TPSA) is 29.3 Å². The molecular formula is C14H30N2. The molecule has 0 bridgehead atoms. The summed E-state index contributed by atoms with van der Waals surface area (Å²) in [5.41, 5.74) is 6.58. The van der Waals surface area contributed by atoms with Crippen molar-refractivity contribution in [3.05, 3.63) is 0 Å². The Kier molecular flexibility index (Phi) is 4.81. The number of nitrogens with two attached hydrogens (primary N) is 1. The van der Waals surface area contributed by atoms with Gasteiger partial charge in [-0.25, -0.2) is 0 Å². The van der Waals surface area contributed by atoms with Crippen LogP contribution in [0.3, 0.4) is 0 Å². The van der Waals surface area contributed by atoms with Crippen molar-refractivity contribution in [3.8, 4) is 0 Å². The van der Waals surface area contributed by atoms with Crippen LogP contribution in [-0.2, 0) is 0 Å². The molecule has 2 N–H and O–H groups in total. The van der Waals surface area contributed by atoms with E-state index >= 15 is 0 Å². The Morgan fingerprint density at radius 2 is 2.00 bits per heavy atom. The first-order valence-corrected chi connectivity index (χ1v) is 6.81. The number of nitrogens with zero attached hydrogens (tertiary/aromatic N) is 1. The molecule has 0 aromatic heterocycles. The summed E-state index contributed by atoms with van der Waals surface area (Å²) >= 11 is 0. The van der Waals surface area contributed by atoms with Crippen molar-refractivity contribution in [2.75, 3.05) is 13.6 Å². The van der Waals surface area contributed by atoms with Gasteiger partial charge in [0.05, 0.1) is 0 Å². The van der Waals surface area contributed by atoms with Gasteiger partial charge < -0.3 is 10.6 Å². The molecule has 1 saturated carbocycles. The van der Waals surface area contributed by atoms with E-state index in [4.69, 9.17) is 5.73 Å². The highest BCUT2D eigenvalue weighted by molar-refractivity contribution is 4.93. The molecule has 2 heteroatoms. The molecule has 1 fully saturated rings. The quantitative estimate of drug-likeness (QED) is 0.781. The lowest BCUT2D eigenvalue weighted by molar-refractivity contribution is 0.134. The Morgan fingerprint density at radius 1 is 1.38 bits per heavy atom. The van der Waals surface area contributed by atoms with Crippen molar-refractivity contribution in [2.24, 2.45) is 17.1 Å². The minimum Gasteiger partial charge on any atom is -0.327 e. The first kappa shape index (κ1) is 14.0. The fourth-order valence-corrected chi connectivity index (χ4v) is 3.04. The molecule has 1 aliphatic rings. The largest absolute Gasteiger partial charge is 0.327 e. The smallest absolute Gasteiger partial charge is 0.0105 e. The van der Waals surface area contributed by atoms with Crippen molar-refractivity contribution in [3.63, 3.8) is 0 Å². The maximum atomic E-state index is 6.24. The standard InChI is InChI=1S/C14H30N2/c1-11(2)9-12(3)16(5)10-14(4)8-6-7-13(14)15/h11-13H,6-10,15H2,1-5H3. The first-order valence-electron chi connectivity index (χ1n) is 6.81. The summed E-state index contributed by atoms with van der Waals surface area (Å²) in [4.78, 5) is 2.51. The molecule has 0 aromatic carbocycles. The van der Waals surface area contributed by atoms with Crippen LogP contribution in [0.4, 0.5) is 0 Å². The van der Waals surface area contributed by atoms with Gasteiger partial charge in [-0.3, -0.25) is 0 Å². The maximum absolute atomic E-state index is 6.24. The van der Waals surface area contributed by atoms with Gasteiger partial charge in [0.1, 0.15) is 0 Å². The fraction of sp³-hybridized carbons (Fsp3) is 1.00. The van der Waals surface area contributed by atoms with Crippen LogP contribution in [-0.4, -0.2) is 30.6 Å². The van der Waals surface area contributed by atoms with Gasteiger partial charge >= 0.3 is 0 Å². The van der Waals surface area contributed by atoms with E-state index in [0.717, 1.165) is 12.5 Å². The maximum Gasteiger partial charge on any atom is 0.0105 e. The highest BCUT2D eigenvalue weighted by Crippen LogP contribution is 2.37. The van der Waals surface area contributed by atoms with E-state index in [1.54, 1.807) is 0 Å². The van der Waals surface area contributed by atoms with Crippen molar-refractivity contribution < 1.29 is 0 Å². The van der Waals surface area contributed by atoms with E-state index in [-0.39, 0.29) is 0 Å². The summed E-state index contributed by atoms with van der Waals surface area (Å²) in [6, 6.07) is 1.07. The minimum atomic E-state index is 0.347. The monoisotopic (exact) mass is 226 g/mol. The van der Waals surface area contributed by atoms with E-state index in [1.165, 1.54) is 25.7 Å². The highest BCUT2D eigenvalue weighted by atomic mass is 15.1. The lowest BCUT2D eigenvalue weighted by atomic mass is 9.84. The molecule has 0 saturated heterocycles. The molecule has 0 aliphatic heterocycles. The van der Waals surface area contributed by atoms with Gasteiger partial charge in [-0.05, 0) is 44.6 Å². The normalized spacial score (nSPS) is 32.6.